The lowest BCUT2D eigenvalue weighted by molar-refractivity contribution is 0.319. The van der Waals surface area contributed by atoms with Crippen LogP contribution in [0.1, 0.15) is 17.3 Å². The van der Waals surface area contributed by atoms with E-state index in [-0.39, 0.29) is 6.04 Å². The van der Waals surface area contributed by atoms with Gasteiger partial charge >= 0.3 is 0 Å². The van der Waals surface area contributed by atoms with Crippen LogP contribution < -0.4 is 0 Å². The van der Waals surface area contributed by atoms with Crippen molar-refractivity contribution in [3.05, 3.63) is 90.1 Å². The van der Waals surface area contributed by atoms with Crippen LogP contribution in [0.4, 0.5) is 0 Å². The second kappa shape index (κ2) is 6.05. The maximum Gasteiger partial charge on any atom is 0.236 e. The van der Waals surface area contributed by atoms with Gasteiger partial charge in [-0.3, -0.25) is 0 Å². The summed E-state index contributed by atoms with van der Waals surface area (Å²) in [5.41, 5.74) is 3.97. The minimum atomic E-state index is 0.0494. The van der Waals surface area contributed by atoms with E-state index in [2.05, 4.69) is 24.3 Å². The number of hydrogen-bond acceptors (Lipinski definition) is 3. The van der Waals surface area contributed by atoms with E-state index in [1.54, 1.807) is 0 Å². The van der Waals surface area contributed by atoms with Crippen LogP contribution in [0.25, 0.3) is 11.3 Å². The van der Waals surface area contributed by atoms with Crippen LogP contribution in [0.15, 0.2) is 83.9 Å². The number of pyridine rings is 1. The van der Waals surface area contributed by atoms with Crippen molar-refractivity contribution in [3.8, 4) is 11.3 Å². The molecule has 3 nitrogen and oxygen atoms in total. The zero-order valence-electron chi connectivity index (χ0n) is 12.6. The SMILES string of the molecule is c1ccc(-c2cccc(C3=N[C@@H](c4ccccc4)CO3)n2)cc1. The van der Waals surface area contributed by atoms with Crippen LogP contribution in [0.5, 0.6) is 0 Å². The second-order valence-corrected chi connectivity index (χ2v) is 5.45. The normalized spacial score (nSPS) is 16.7. The third-order valence-electron chi connectivity index (χ3n) is 3.87. The van der Waals surface area contributed by atoms with Crippen molar-refractivity contribution in [1.82, 2.24) is 4.98 Å². The standard InChI is InChI=1S/C20H16N2O/c1-3-8-15(9-4-1)17-12-7-13-18(21-17)20-22-19(14-23-20)16-10-5-2-6-11-16/h1-13,19H,14H2/t19-/m1/s1. The molecule has 0 radical (unpaired) electrons. The molecule has 4 rings (SSSR count). The van der Waals surface area contributed by atoms with E-state index < -0.39 is 0 Å². The molecular weight excluding hydrogens is 284 g/mol. The van der Waals surface area contributed by atoms with E-state index in [9.17, 15) is 0 Å². The number of aromatic nitrogens is 1. The van der Waals surface area contributed by atoms with Gasteiger partial charge in [-0.05, 0) is 17.7 Å². The molecule has 0 saturated carbocycles. The molecule has 2 aromatic carbocycles. The average Bonchev–Trinajstić information content (AvgIpc) is 3.14. The maximum absolute atomic E-state index is 5.78. The molecule has 0 spiro atoms. The van der Waals surface area contributed by atoms with Crippen LogP contribution in [-0.2, 0) is 4.74 Å². The zero-order valence-corrected chi connectivity index (χ0v) is 12.6. The lowest BCUT2D eigenvalue weighted by Crippen LogP contribution is -2.04. The van der Waals surface area contributed by atoms with E-state index in [1.807, 2.05) is 54.6 Å². The van der Waals surface area contributed by atoms with Crippen LogP contribution in [0.3, 0.4) is 0 Å². The summed E-state index contributed by atoms with van der Waals surface area (Å²) in [5, 5.41) is 0. The Kier molecular flexibility index (Phi) is 3.60. The molecule has 0 unspecified atom stereocenters. The van der Waals surface area contributed by atoms with Crippen molar-refractivity contribution >= 4 is 5.90 Å². The number of nitrogens with zero attached hydrogens (tertiary/aromatic N) is 2. The Hall–Kier alpha value is -2.94. The highest BCUT2D eigenvalue weighted by Crippen LogP contribution is 2.25. The van der Waals surface area contributed by atoms with Crippen molar-refractivity contribution < 1.29 is 4.74 Å². The zero-order chi connectivity index (χ0) is 15.5. The largest absolute Gasteiger partial charge is 0.474 e. The fourth-order valence-electron chi connectivity index (χ4n) is 2.68. The fourth-order valence-corrected chi connectivity index (χ4v) is 2.68. The smallest absolute Gasteiger partial charge is 0.236 e. The van der Waals surface area contributed by atoms with Gasteiger partial charge in [0.15, 0.2) is 0 Å². The molecule has 1 aromatic heterocycles. The van der Waals surface area contributed by atoms with Gasteiger partial charge in [-0.1, -0.05) is 66.7 Å². The fraction of sp³-hybridized carbons (Fsp3) is 0.100. The Morgan fingerprint density at radius 1 is 0.739 bits per heavy atom. The average molecular weight is 300 g/mol. The molecule has 2 heterocycles. The molecule has 0 N–H and O–H groups in total. The first kappa shape index (κ1) is 13.7. The maximum atomic E-state index is 5.78. The summed E-state index contributed by atoms with van der Waals surface area (Å²) in [6, 6.07) is 26.3. The molecule has 0 saturated heterocycles. The van der Waals surface area contributed by atoms with Gasteiger partial charge in [-0.2, -0.15) is 0 Å². The van der Waals surface area contributed by atoms with Crippen molar-refractivity contribution in [3.63, 3.8) is 0 Å². The quantitative estimate of drug-likeness (QED) is 0.724. The van der Waals surface area contributed by atoms with Crippen LogP contribution in [0, 0.1) is 0 Å². The Morgan fingerprint density at radius 3 is 2.22 bits per heavy atom. The van der Waals surface area contributed by atoms with E-state index in [0.29, 0.717) is 12.5 Å². The van der Waals surface area contributed by atoms with Crippen LogP contribution >= 0.6 is 0 Å². The lowest BCUT2D eigenvalue weighted by Gasteiger charge is -2.04. The topological polar surface area (TPSA) is 34.5 Å². The Balaban J connectivity index is 1.64. The van der Waals surface area contributed by atoms with Gasteiger partial charge < -0.3 is 4.74 Å². The molecule has 1 aliphatic heterocycles. The number of rotatable bonds is 3. The lowest BCUT2D eigenvalue weighted by atomic mass is 10.1. The number of aliphatic imine (C=N–C) groups is 1. The molecule has 112 valence electrons. The van der Waals surface area contributed by atoms with Gasteiger partial charge in [0.1, 0.15) is 18.3 Å². The van der Waals surface area contributed by atoms with Gasteiger partial charge in [0.05, 0.1) is 5.69 Å². The highest BCUT2D eigenvalue weighted by atomic mass is 16.5. The van der Waals surface area contributed by atoms with Crippen molar-refractivity contribution in [2.75, 3.05) is 6.61 Å². The second-order valence-electron chi connectivity index (χ2n) is 5.45. The summed E-state index contributed by atoms with van der Waals surface area (Å²) in [6.07, 6.45) is 0. The molecule has 0 bridgehead atoms. The summed E-state index contributed by atoms with van der Waals surface area (Å²) in [4.78, 5) is 9.39. The highest BCUT2D eigenvalue weighted by Gasteiger charge is 2.22. The monoisotopic (exact) mass is 300 g/mol. The van der Waals surface area contributed by atoms with E-state index in [0.717, 1.165) is 17.0 Å². The van der Waals surface area contributed by atoms with Crippen LogP contribution in [0.2, 0.25) is 0 Å². The number of ether oxygens (including phenoxy) is 1. The number of hydrogen-bond donors (Lipinski definition) is 0. The first-order valence-electron chi connectivity index (χ1n) is 7.68. The van der Waals surface area contributed by atoms with E-state index >= 15 is 0 Å². The molecule has 1 aliphatic rings. The molecule has 1 atom stereocenters. The van der Waals surface area contributed by atoms with Gasteiger partial charge in [0.25, 0.3) is 0 Å². The van der Waals surface area contributed by atoms with Crippen LogP contribution in [-0.4, -0.2) is 17.5 Å². The molecule has 3 aromatic rings. The minimum absolute atomic E-state index is 0.0494. The molecule has 0 amide bonds. The van der Waals surface area contributed by atoms with E-state index in [4.69, 9.17) is 14.7 Å². The summed E-state index contributed by atoms with van der Waals surface area (Å²) in [6.45, 7) is 0.566. The Morgan fingerprint density at radius 2 is 1.43 bits per heavy atom. The summed E-state index contributed by atoms with van der Waals surface area (Å²) < 4.78 is 5.78. The molecular formula is C20H16N2O. The third kappa shape index (κ3) is 2.86. The Labute approximate surface area is 135 Å². The number of benzene rings is 2. The summed E-state index contributed by atoms with van der Waals surface area (Å²) in [5.74, 6) is 0.622. The van der Waals surface area contributed by atoms with Gasteiger partial charge in [-0.15, -0.1) is 0 Å². The van der Waals surface area contributed by atoms with Crippen molar-refractivity contribution in [2.45, 2.75) is 6.04 Å². The van der Waals surface area contributed by atoms with E-state index in [1.165, 1.54) is 5.56 Å². The first-order chi connectivity index (χ1) is 11.4. The highest BCUT2D eigenvalue weighted by molar-refractivity contribution is 5.93. The van der Waals surface area contributed by atoms with Crippen molar-refractivity contribution in [2.24, 2.45) is 4.99 Å². The third-order valence-corrected chi connectivity index (χ3v) is 3.87. The Bertz CT molecular complexity index is 829. The van der Waals surface area contributed by atoms with Gasteiger partial charge in [0.2, 0.25) is 5.90 Å². The van der Waals surface area contributed by atoms with Crippen molar-refractivity contribution in [1.29, 1.82) is 0 Å². The molecule has 0 fully saturated rings. The summed E-state index contributed by atoms with van der Waals surface area (Å²) in [7, 11) is 0. The summed E-state index contributed by atoms with van der Waals surface area (Å²) >= 11 is 0. The molecule has 23 heavy (non-hydrogen) atoms. The molecule has 3 heteroatoms. The van der Waals surface area contributed by atoms with Gasteiger partial charge in [0, 0.05) is 5.56 Å². The minimum Gasteiger partial charge on any atom is -0.474 e. The van der Waals surface area contributed by atoms with Gasteiger partial charge in [-0.25, -0.2) is 9.98 Å². The molecule has 0 aliphatic carbocycles. The predicted molar refractivity (Wildman–Crippen MR) is 91.3 cm³/mol. The predicted octanol–water partition coefficient (Wildman–Crippen LogP) is 4.27. The first-order valence-corrected chi connectivity index (χ1v) is 7.68.